The van der Waals surface area contributed by atoms with E-state index in [1.807, 2.05) is 19.9 Å². The number of sulfone groups is 1. The van der Waals surface area contributed by atoms with Gasteiger partial charge in [-0.1, -0.05) is 18.2 Å². The molecule has 8 heteroatoms. The summed E-state index contributed by atoms with van der Waals surface area (Å²) in [6.45, 7) is 4.13. The molecular weight excluding hydrogens is 326 g/mol. The van der Waals surface area contributed by atoms with Crippen molar-refractivity contribution in [1.82, 2.24) is 9.78 Å². The van der Waals surface area contributed by atoms with Crippen LogP contribution in [0.3, 0.4) is 0 Å². The van der Waals surface area contributed by atoms with Crippen LogP contribution in [-0.4, -0.2) is 37.3 Å². The third-order valence-corrected chi connectivity index (χ3v) is 5.91. The maximum absolute atomic E-state index is 13.2. The van der Waals surface area contributed by atoms with Gasteiger partial charge in [0.1, 0.15) is 0 Å². The molecule has 0 fully saturated rings. The highest BCUT2D eigenvalue weighted by Crippen LogP contribution is 2.39. The van der Waals surface area contributed by atoms with Crippen LogP contribution < -0.4 is 16.4 Å². The van der Waals surface area contributed by atoms with Gasteiger partial charge in [0.15, 0.2) is 16.5 Å². The summed E-state index contributed by atoms with van der Waals surface area (Å²) in [5.74, 6) is 0.728. The number of hydrogen-bond acceptors (Lipinski definition) is 6. The van der Waals surface area contributed by atoms with Gasteiger partial charge in [0, 0.05) is 19.3 Å². The quantitative estimate of drug-likeness (QED) is 0.779. The van der Waals surface area contributed by atoms with Crippen molar-refractivity contribution in [3.63, 3.8) is 0 Å². The van der Waals surface area contributed by atoms with Crippen LogP contribution in [0.15, 0.2) is 46.2 Å². The van der Waals surface area contributed by atoms with Gasteiger partial charge in [-0.2, -0.15) is 0 Å². The molecule has 0 spiro atoms. The molecule has 7 nitrogen and oxygen atoms in total. The van der Waals surface area contributed by atoms with Crippen LogP contribution in [0.25, 0.3) is 5.70 Å². The second-order valence-electron chi connectivity index (χ2n) is 6.04. The van der Waals surface area contributed by atoms with Gasteiger partial charge in [0.25, 0.3) is 0 Å². The summed E-state index contributed by atoms with van der Waals surface area (Å²) in [7, 11) is -2.09. The highest BCUT2D eigenvalue weighted by Gasteiger charge is 2.36. The van der Waals surface area contributed by atoms with Gasteiger partial charge in [-0.15, -0.1) is 5.10 Å². The Morgan fingerprint density at radius 3 is 2.58 bits per heavy atom. The monoisotopic (exact) mass is 347 g/mol. The van der Waals surface area contributed by atoms with E-state index in [2.05, 4.69) is 15.7 Å². The largest absolute Gasteiger partial charge is 0.370 e. The summed E-state index contributed by atoms with van der Waals surface area (Å²) in [6, 6.07) is 8.33. The number of nitrogens with one attached hydrogen (secondary N) is 2. The van der Waals surface area contributed by atoms with Crippen molar-refractivity contribution in [2.24, 2.45) is 5.73 Å². The number of rotatable bonds is 4. The lowest BCUT2D eigenvalue weighted by Crippen LogP contribution is -2.44. The Bertz CT molecular complexity index is 902. The van der Waals surface area contributed by atoms with Crippen LogP contribution in [0.2, 0.25) is 0 Å². The van der Waals surface area contributed by atoms with Crippen LogP contribution >= 0.6 is 0 Å². The van der Waals surface area contributed by atoms with Gasteiger partial charge >= 0.3 is 0 Å². The molecule has 0 saturated carbocycles. The lowest BCUT2D eigenvalue weighted by molar-refractivity contribution is 0.593. The smallest absolute Gasteiger partial charge is 0.213 e. The van der Waals surface area contributed by atoms with E-state index < -0.39 is 15.4 Å². The van der Waals surface area contributed by atoms with Gasteiger partial charge in [0.2, 0.25) is 9.84 Å². The number of hydrogen-bond donors (Lipinski definition) is 3. The zero-order valence-corrected chi connectivity index (χ0v) is 14.7. The third-order valence-electron chi connectivity index (χ3n) is 4.09. The molecule has 128 valence electrons. The standard InChI is InChI=1S/C16H21N5O2S/c1-11-9-16(2,10-17)19-15-13(14(18-3)20-21(11)15)24(22,23)12-7-5-4-6-8-12/h4-9,19H,10,17H2,1-3H3,(H,18,20). The number of nitrogens with zero attached hydrogens (tertiary/aromatic N) is 2. The first kappa shape index (κ1) is 16.5. The molecule has 0 radical (unpaired) electrons. The maximum Gasteiger partial charge on any atom is 0.213 e. The molecule has 24 heavy (non-hydrogen) atoms. The molecule has 2 heterocycles. The van der Waals surface area contributed by atoms with Crippen LogP contribution in [0, 0.1) is 0 Å². The zero-order valence-electron chi connectivity index (χ0n) is 13.9. The molecule has 0 saturated heterocycles. The van der Waals surface area contributed by atoms with Gasteiger partial charge in [0.05, 0.1) is 10.4 Å². The second kappa shape index (κ2) is 5.64. The molecule has 0 amide bonds. The summed E-state index contributed by atoms with van der Waals surface area (Å²) in [6.07, 6.45) is 1.95. The van der Waals surface area contributed by atoms with E-state index in [9.17, 15) is 8.42 Å². The fourth-order valence-electron chi connectivity index (χ4n) is 2.84. The normalized spacial score (nSPS) is 20.1. The van der Waals surface area contributed by atoms with Crippen molar-refractivity contribution in [3.05, 3.63) is 36.4 Å². The molecule has 1 aliphatic rings. The van der Waals surface area contributed by atoms with E-state index in [0.717, 1.165) is 5.70 Å². The Morgan fingerprint density at radius 1 is 1.33 bits per heavy atom. The van der Waals surface area contributed by atoms with E-state index in [0.29, 0.717) is 18.2 Å². The second-order valence-corrected chi connectivity index (χ2v) is 7.92. The van der Waals surface area contributed by atoms with Gasteiger partial charge < -0.3 is 16.4 Å². The molecule has 0 aliphatic carbocycles. The fraction of sp³-hybridized carbons (Fsp3) is 0.312. The summed E-state index contributed by atoms with van der Waals surface area (Å²) in [5, 5.41) is 10.5. The van der Waals surface area contributed by atoms with Crippen LogP contribution in [-0.2, 0) is 9.84 Å². The number of allylic oxidation sites excluding steroid dienone is 1. The number of fused-ring (bicyclic) bond motifs is 1. The van der Waals surface area contributed by atoms with Gasteiger partial charge in [-0.25, -0.2) is 13.1 Å². The van der Waals surface area contributed by atoms with Crippen molar-refractivity contribution in [2.75, 3.05) is 24.2 Å². The summed E-state index contributed by atoms with van der Waals surface area (Å²) < 4.78 is 27.9. The molecule has 2 aromatic rings. The molecule has 3 rings (SSSR count). The van der Waals surface area contributed by atoms with Crippen LogP contribution in [0.1, 0.15) is 13.8 Å². The molecular formula is C16H21N5O2S. The predicted molar refractivity (Wildman–Crippen MR) is 94.7 cm³/mol. The Kier molecular flexibility index (Phi) is 3.89. The Balaban J connectivity index is 2.26. The van der Waals surface area contributed by atoms with E-state index in [4.69, 9.17) is 5.73 Å². The average Bonchev–Trinajstić information content (AvgIpc) is 2.95. The van der Waals surface area contributed by atoms with E-state index in [1.54, 1.807) is 42.1 Å². The first-order chi connectivity index (χ1) is 11.3. The van der Waals surface area contributed by atoms with Crippen molar-refractivity contribution < 1.29 is 8.42 Å². The number of anilines is 2. The van der Waals surface area contributed by atoms with Gasteiger partial charge in [-0.3, -0.25) is 0 Å². The minimum atomic E-state index is -3.74. The summed E-state index contributed by atoms with van der Waals surface area (Å²) in [5.41, 5.74) is 6.15. The fourth-order valence-corrected chi connectivity index (χ4v) is 4.38. The van der Waals surface area contributed by atoms with Crippen LogP contribution in [0.4, 0.5) is 11.6 Å². The predicted octanol–water partition coefficient (Wildman–Crippen LogP) is 1.76. The van der Waals surface area contributed by atoms with Gasteiger partial charge in [-0.05, 0) is 32.1 Å². The molecule has 4 N–H and O–H groups in total. The topological polar surface area (TPSA) is 102 Å². The molecule has 1 aromatic carbocycles. The maximum atomic E-state index is 13.2. The molecule has 0 bridgehead atoms. The first-order valence-electron chi connectivity index (χ1n) is 7.61. The average molecular weight is 347 g/mol. The summed E-state index contributed by atoms with van der Waals surface area (Å²) in [4.78, 5) is 0.351. The van der Waals surface area contributed by atoms with E-state index >= 15 is 0 Å². The minimum Gasteiger partial charge on any atom is -0.370 e. The number of aromatic nitrogens is 2. The molecule has 1 aliphatic heterocycles. The zero-order chi connectivity index (χ0) is 17.5. The van der Waals surface area contributed by atoms with Crippen molar-refractivity contribution in [1.29, 1.82) is 0 Å². The number of benzene rings is 1. The molecule has 1 unspecified atom stereocenters. The SMILES string of the molecule is CNc1nn2c(c1S(=O)(=O)c1ccccc1)NC(C)(CN)C=C2C. The van der Waals surface area contributed by atoms with Crippen LogP contribution in [0.5, 0.6) is 0 Å². The third kappa shape index (κ3) is 2.47. The molecule has 1 aromatic heterocycles. The van der Waals surface area contributed by atoms with E-state index in [-0.39, 0.29) is 9.79 Å². The van der Waals surface area contributed by atoms with Crippen molar-refractivity contribution in [2.45, 2.75) is 29.2 Å². The Morgan fingerprint density at radius 2 is 2.00 bits per heavy atom. The lowest BCUT2D eigenvalue weighted by Gasteiger charge is -2.32. The Labute approximate surface area is 141 Å². The van der Waals surface area contributed by atoms with Crippen molar-refractivity contribution in [3.8, 4) is 0 Å². The highest BCUT2D eigenvalue weighted by atomic mass is 32.2. The Hall–Kier alpha value is -2.32. The molecule has 1 atom stereocenters. The highest BCUT2D eigenvalue weighted by molar-refractivity contribution is 7.91. The lowest BCUT2D eigenvalue weighted by atomic mass is 10.00. The van der Waals surface area contributed by atoms with Crippen molar-refractivity contribution >= 4 is 27.2 Å². The minimum absolute atomic E-state index is 0.128. The van der Waals surface area contributed by atoms with E-state index in [1.165, 1.54) is 0 Å². The first-order valence-corrected chi connectivity index (χ1v) is 9.10. The summed E-state index contributed by atoms with van der Waals surface area (Å²) >= 11 is 0. The number of nitrogens with two attached hydrogens (primary N) is 1.